The number of aromatic nitrogens is 1. The lowest BCUT2D eigenvalue weighted by Crippen LogP contribution is -2.41. The monoisotopic (exact) mass is 604 g/mol. The molecule has 1 aliphatic heterocycles. The number of nitrogens with two attached hydrogens (primary N) is 1. The number of carbonyl (C=O) groups excluding carboxylic acids is 1. The maximum atomic E-state index is 14.3. The van der Waals surface area contributed by atoms with Gasteiger partial charge < -0.3 is 19.9 Å². The summed E-state index contributed by atoms with van der Waals surface area (Å²) in [5.74, 6) is -1.19. The maximum absolute atomic E-state index is 14.3. The molecule has 0 fully saturated rings. The molecule has 0 radical (unpaired) electrons. The van der Waals surface area contributed by atoms with E-state index >= 15 is 0 Å². The smallest absolute Gasteiger partial charge is 0.338 e. The summed E-state index contributed by atoms with van der Waals surface area (Å²) in [5, 5.41) is 0. The largest absolute Gasteiger partial charge is 0.497 e. The number of sulfone groups is 1. The number of rotatable bonds is 8. The lowest BCUT2D eigenvalue weighted by molar-refractivity contribution is -0.136. The SMILES string of the molecule is CCOC(=O)C1=c2s/c(=C\c3cccc(OC)c3)c(=O)n2C(N)=C(S(=O)(=O)c2ccccc2)[C@@H]1c1cccc(OC)c1. The van der Waals surface area contributed by atoms with Crippen molar-refractivity contribution < 1.29 is 27.4 Å². The first kappa shape index (κ1) is 28.9. The predicted octanol–water partition coefficient (Wildman–Crippen LogP) is 2.83. The maximum Gasteiger partial charge on any atom is 0.338 e. The van der Waals surface area contributed by atoms with Crippen LogP contribution in [0.2, 0.25) is 0 Å². The third-order valence-electron chi connectivity index (χ3n) is 6.76. The second-order valence-corrected chi connectivity index (χ2v) is 12.2. The highest BCUT2D eigenvalue weighted by Crippen LogP contribution is 2.42. The average molecular weight is 605 g/mol. The van der Waals surface area contributed by atoms with Gasteiger partial charge in [0, 0.05) is 0 Å². The van der Waals surface area contributed by atoms with Crippen LogP contribution in [0.3, 0.4) is 0 Å². The van der Waals surface area contributed by atoms with Crippen LogP contribution in [0.25, 0.3) is 17.5 Å². The number of fused-ring (bicyclic) bond motifs is 1. The van der Waals surface area contributed by atoms with Gasteiger partial charge in [-0.15, -0.1) is 11.3 Å². The molecule has 2 heterocycles. The van der Waals surface area contributed by atoms with Crippen molar-refractivity contribution >= 4 is 44.6 Å². The summed E-state index contributed by atoms with van der Waals surface area (Å²) < 4.78 is 46.2. The molecule has 0 saturated heterocycles. The molecule has 0 saturated carbocycles. The van der Waals surface area contributed by atoms with Crippen LogP contribution in [-0.2, 0) is 19.4 Å². The van der Waals surface area contributed by atoms with E-state index in [4.69, 9.17) is 19.9 Å². The quantitative estimate of drug-likeness (QED) is 0.304. The van der Waals surface area contributed by atoms with Gasteiger partial charge in [0.1, 0.15) is 26.9 Å². The minimum absolute atomic E-state index is 0.0128. The van der Waals surface area contributed by atoms with Crippen LogP contribution in [0.5, 0.6) is 11.5 Å². The van der Waals surface area contributed by atoms with Gasteiger partial charge in [0.2, 0.25) is 9.84 Å². The molecule has 0 aliphatic carbocycles. The summed E-state index contributed by atoms with van der Waals surface area (Å²) >= 11 is 1.03. The van der Waals surface area contributed by atoms with E-state index in [1.165, 1.54) is 26.4 Å². The molecule has 0 unspecified atom stereocenters. The highest BCUT2D eigenvalue weighted by atomic mass is 32.2. The minimum atomic E-state index is -4.32. The number of benzene rings is 3. The number of hydrogen-bond acceptors (Lipinski definition) is 9. The summed E-state index contributed by atoms with van der Waals surface area (Å²) in [6.45, 7) is 1.68. The third-order valence-corrected chi connectivity index (χ3v) is 9.78. The molecule has 5 rings (SSSR count). The molecule has 0 bridgehead atoms. The first-order valence-corrected chi connectivity index (χ1v) is 15.2. The van der Waals surface area contributed by atoms with Crippen LogP contribution < -0.4 is 30.0 Å². The summed E-state index contributed by atoms with van der Waals surface area (Å²) in [4.78, 5) is 27.2. The zero-order valence-electron chi connectivity index (χ0n) is 23.1. The van der Waals surface area contributed by atoms with E-state index < -0.39 is 27.3 Å². The van der Waals surface area contributed by atoms with Crippen LogP contribution in [0.1, 0.15) is 24.0 Å². The summed E-state index contributed by atoms with van der Waals surface area (Å²) in [6.07, 6.45) is 1.64. The molecule has 3 aromatic carbocycles. The lowest BCUT2D eigenvalue weighted by atomic mass is 9.89. The summed E-state index contributed by atoms with van der Waals surface area (Å²) in [6, 6.07) is 21.6. The Balaban J connectivity index is 1.92. The number of hydrogen-bond donors (Lipinski definition) is 1. The third kappa shape index (κ3) is 5.12. The molecule has 0 amide bonds. The Bertz CT molecular complexity index is 1990. The van der Waals surface area contributed by atoms with Crippen LogP contribution in [0.15, 0.2) is 93.5 Å². The topological polar surface area (TPSA) is 127 Å². The van der Waals surface area contributed by atoms with E-state index in [2.05, 4.69) is 0 Å². The van der Waals surface area contributed by atoms with Crippen LogP contribution in [0, 0.1) is 0 Å². The highest BCUT2D eigenvalue weighted by molar-refractivity contribution is 7.95. The standard InChI is InChI=1S/C31H28N2O7S2/c1-4-40-31(35)26-25(20-11-9-13-22(18-20)39-3)27(42(36,37)23-14-6-5-7-15-23)28(32)33-29(34)24(41-30(26)33)17-19-10-8-12-21(16-19)38-2/h5-18,25H,4,32H2,1-3H3/b24-17-/t25-/m1/s1. The van der Waals surface area contributed by atoms with Crippen molar-refractivity contribution in [1.82, 2.24) is 4.57 Å². The van der Waals surface area contributed by atoms with E-state index in [-0.39, 0.29) is 37.0 Å². The zero-order valence-corrected chi connectivity index (χ0v) is 24.7. The number of esters is 1. The normalized spacial score (nSPS) is 15.4. The second-order valence-electron chi connectivity index (χ2n) is 9.24. The van der Waals surface area contributed by atoms with E-state index in [0.29, 0.717) is 22.6 Å². The fraction of sp³-hybridized carbons (Fsp3) is 0.161. The van der Waals surface area contributed by atoms with Gasteiger partial charge in [0.15, 0.2) is 0 Å². The second kappa shape index (κ2) is 11.7. The lowest BCUT2D eigenvalue weighted by Gasteiger charge is -2.28. The van der Waals surface area contributed by atoms with Crippen molar-refractivity contribution in [3.63, 3.8) is 0 Å². The van der Waals surface area contributed by atoms with Gasteiger partial charge in [0.25, 0.3) is 5.56 Å². The molecule has 2 N–H and O–H groups in total. The average Bonchev–Trinajstić information content (AvgIpc) is 3.32. The van der Waals surface area contributed by atoms with Gasteiger partial charge in [-0.3, -0.25) is 9.36 Å². The fourth-order valence-corrected chi connectivity index (χ4v) is 7.72. The number of thiazole rings is 1. The molecule has 1 aromatic heterocycles. The van der Waals surface area contributed by atoms with Crippen molar-refractivity contribution in [3.05, 3.63) is 114 Å². The molecule has 216 valence electrons. The first-order chi connectivity index (χ1) is 20.2. The number of methoxy groups -OCH3 is 2. The van der Waals surface area contributed by atoms with Crippen LogP contribution >= 0.6 is 11.3 Å². The van der Waals surface area contributed by atoms with Gasteiger partial charge in [-0.2, -0.15) is 0 Å². The molecule has 1 atom stereocenters. The summed E-state index contributed by atoms with van der Waals surface area (Å²) in [7, 11) is -1.30. The fourth-order valence-electron chi connectivity index (χ4n) is 4.85. The molecule has 1 aliphatic rings. The minimum Gasteiger partial charge on any atom is -0.497 e. The highest BCUT2D eigenvalue weighted by Gasteiger charge is 2.42. The van der Waals surface area contributed by atoms with Crippen LogP contribution in [-0.4, -0.2) is 39.8 Å². The van der Waals surface area contributed by atoms with Crippen molar-refractivity contribution in [2.75, 3.05) is 20.8 Å². The van der Waals surface area contributed by atoms with Gasteiger partial charge in [-0.1, -0.05) is 42.5 Å². The molecule has 42 heavy (non-hydrogen) atoms. The first-order valence-electron chi connectivity index (χ1n) is 12.9. The van der Waals surface area contributed by atoms with Crippen LogP contribution in [0.4, 0.5) is 0 Å². The van der Waals surface area contributed by atoms with E-state index in [0.717, 1.165) is 15.9 Å². The van der Waals surface area contributed by atoms with Crippen molar-refractivity contribution in [2.24, 2.45) is 5.73 Å². The zero-order chi connectivity index (χ0) is 30.0. The van der Waals surface area contributed by atoms with Gasteiger partial charge in [-0.05, 0) is 60.5 Å². The van der Waals surface area contributed by atoms with Gasteiger partial charge in [-0.25, -0.2) is 13.2 Å². The van der Waals surface area contributed by atoms with Crippen molar-refractivity contribution in [2.45, 2.75) is 17.7 Å². The molecular weight excluding hydrogens is 576 g/mol. The molecule has 11 heteroatoms. The Hall–Kier alpha value is -4.61. The molecule has 9 nitrogen and oxygen atoms in total. The van der Waals surface area contributed by atoms with E-state index in [9.17, 15) is 18.0 Å². The Morgan fingerprint density at radius 1 is 0.976 bits per heavy atom. The van der Waals surface area contributed by atoms with E-state index in [1.54, 1.807) is 79.7 Å². The van der Waals surface area contributed by atoms with Crippen molar-refractivity contribution in [1.29, 1.82) is 0 Å². The molecular formula is C31H28N2O7S2. The number of ether oxygens (including phenoxy) is 3. The summed E-state index contributed by atoms with van der Waals surface area (Å²) in [5.41, 5.74) is 7.17. The molecule has 4 aromatic rings. The Kier molecular flexibility index (Phi) is 8.06. The Labute approximate surface area is 246 Å². The van der Waals surface area contributed by atoms with Gasteiger partial charge >= 0.3 is 5.97 Å². The Morgan fingerprint density at radius 3 is 2.31 bits per heavy atom. The molecule has 0 spiro atoms. The Morgan fingerprint density at radius 2 is 1.64 bits per heavy atom. The van der Waals surface area contributed by atoms with Gasteiger partial charge in [0.05, 0.1) is 41.7 Å². The number of allylic oxidation sites excluding steroid dienone is 1. The predicted molar refractivity (Wildman–Crippen MR) is 161 cm³/mol. The van der Waals surface area contributed by atoms with E-state index in [1.807, 2.05) is 0 Å². The van der Waals surface area contributed by atoms with Crippen molar-refractivity contribution in [3.8, 4) is 11.5 Å². The number of carbonyl (C=O) groups is 1. The number of nitrogens with zero attached hydrogens (tertiary/aromatic N) is 1.